The highest BCUT2D eigenvalue weighted by Crippen LogP contribution is 2.43. The van der Waals surface area contributed by atoms with Crippen LogP contribution in [0.25, 0.3) is 10.2 Å². The number of aromatic nitrogens is 1. The number of hydrogen-bond donors (Lipinski definition) is 3. The van der Waals surface area contributed by atoms with Crippen molar-refractivity contribution in [3.63, 3.8) is 0 Å². The Labute approximate surface area is 266 Å². The van der Waals surface area contributed by atoms with E-state index < -0.39 is 6.29 Å². The summed E-state index contributed by atoms with van der Waals surface area (Å²) in [6.07, 6.45) is 2.05. The van der Waals surface area contributed by atoms with Crippen molar-refractivity contribution in [3.8, 4) is 0 Å². The van der Waals surface area contributed by atoms with Gasteiger partial charge in [-0.3, -0.25) is 9.59 Å². The quantitative estimate of drug-likeness (QED) is 0.107. The van der Waals surface area contributed by atoms with Crippen LogP contribution in [0.3, 0.4) is 0 Å². The van der Waals surface area contributed by atoms with Gasteiger partial charge in [-0.05, 0) is 48.2 Å². The molecule has 5 rings (SSSR count). The maximum absolute atomic E-state index is 12.5. The molecule has 1 aromatic heterocycles. The van der Waals surface area contributed by atoms with Crippen molar-refractivity contribution in [2.24, 2.45) is 5.92 Å². The third-order valence-corrected chi connectivity index (χ3v) is 9.96. The number of unbranched alkanes of at least 4 members (excludes halogenated alkanes) is 2. The second-order valence-corrected chi connectivity index (χ2v) is 13.3. The first-order chi connectivity index (χ1) is 21.4. The summed E-state index contributed by atoms with van der Waals surface area (Å²) in [5, 5.41) is 15.3. The van der Waals surface area contributed by atoms with Gasteiger partial charge in [-0.15, -0.1) is 11.3 Å². The van der Waals surface area contributed by atoms with E-state index in [-0.39, 0.29) is 36.5 Å². The molecule has 2 heterocycles. The Hall–Kier alpha value is -3.28. The van der Waals surface area contributed by atoms with Crippen molar-refractivity contribution in [3.05, 3.63) is 89.5 Å². The van der Waals surface area contributed by atoms with Crippen molar-refractivity contribution in [2.75, 3.05) is 17.6 Å². The number of para-hydroxylation sites is 1. The molecule has 0 spiro atoms. The van der Waals surface area contributed by atoms with Gasteiger partial charge in [0.25, 0.3) is 0 Å². The first-order valence-corrected chi connectivity index (χ1v) is 16.8. The molecular formula is C34H39N3O5S2. The minimum absolute atomic E-state index is 0.00395. The normalized spacial score (nSPS) is 20.0. The van der Waals surface area contributed by atoms with Gasteiger partial charge in [0.15, 0.2) is 10.6 Å². The number of aliphatic hydroxyl groups is 1. The molecule has 0 radical (unpaired) electrons. The van der Waals surface area contributed by atoms with Crippen LogP contribution in [0.4, 0.5) is 5.69 Å². The summed E-state index contributed by atoms with van der Waals surface area (Å²) in [6.45, 7) is 4.29. The third kappa shape index (κ3) is 8.67. The number of thioether (sulfide) groups is 1. The number of carbonyl (C=O) groups is 2. The largest absolute Gasteiger partial charge is 0.392 e. The molecule has 4 aromatic rings. The number of nitrogens with zero attached hydrogens (tertiary/aromatic N) is 1. The number of rotatable bonds is 13. The predicted octanol–water partition coefficient (Wildman–Crippen LogP) is 7.01. The van der Waals surface area contributed by atoms with Gasteiger partial charge >= 0.3 is 0 Å². The van der Waals surface area contributed by atoms with Crippen LogP contribution in [0.2, 0.25) is 0 Å². The molecule has 3 N–H and O–H groups in total. The number of anilines is 1. The molecule has 1 saturated heterocycles. The maximum Gasteiger partial charge on any atom is 0.224 e. The monoisotopic (exact) mass is 633 g/mol. The van der Waals surface area contributed by atoms with Crippen molar-refractivity contribution >= 4 is 50.8 Å². The molecule has 3 aromatic carbocycles. The molecule has 1 aliphatic rings. The van der Waals surface area contributed by atoms with Crippen LogP contribution in [-0.2, 0) is 25.7 Å². The fourth-order valence-corrected chi connectivity index (χ4v) is 7.43. The molecule has 4 unspecified atom stereocenters. The SMILES string of the molecule is CC(=O)NCCCCCC(=O)Nc1ccc(C2OC(CSc3nc4ccccc4s3)C(C)C(c3ccc(CO)cc3)O2)cc1. The number of nitrogens with one attached hydrogen (secondary N) is 2. The summed E-state index contributed by atoms with van der Waals surface area (Å²) in [4.78, 5) is 28.2. The van der Waals surface area contributed by atoms with Gasteiger partial charge in [-0.25, -0.2) is 4.98 Å². The number of fused-ring (bicyclic) bond motifs is 1. The minimum Gasteiger partial charge on any atom is -0.392 e. The predicted molar refractivity (Wildman–Crippen MR) is 176 cm³/mol. The maximum atomic E-state index is 12.5. The van der Waals surface area contributed by atoms with E-state index in [0.717, 1.165) is 57.2 Å². The van der Waals surface area contributed by atoms with Gasteiger partial charge in [-0.1, -0.05) is 73.6 Å². The zero-order chi connectivity index (χ0) is 30.9. The van der Waals surface area contributed by atoms with Crippen LogP contribution in [0.1, 0.15) is 68.6 Å². The fourth-order valence-electron chi connectivity index (χ4n) is 5.17. The molecule has 232 valence electrons. The zero-order valence-electron chi connectivity index (χ0n) is 25.0. The first-order valence-electron chi connectivity index (χ1n) is 15.0. The molecule has 1 fully saturated rings. The number of carbonyl (C=O) groups excluding carboxylic acids is 2. The molecule has 1 aliphatic heterocycles. The Morgan fingerprint density at radius 2 is 1.70 bits per heavy atom. The van der Waals surface area contributed by atoms with Gasteiger partial charge in [-0.2, -0.15) is 0 Å². The number of amides is 2. The second kappa shape index (κ2) is 15.6. The highest BCUT2D eigenvalue weighted by molar-refractivity contribution is 8.01. The Kier molecular flexibility index (Phi) is 11.4. The molecular weight excluding hydrogens is 595 g/mol. The van der Waals surface area contributed by atoms with E-state index in [1.165, 1.54) is 11.6 Å². The highest BCUT2D eigenvalue weighted by atomic mass is 32.2. The molecule has 0 bridgehead atoms. The summed E-state index contributed by atoms with van der Waals surface area (Å²) >= 11 is 3.40. The number of ether oxygens (including phenoxy) is 2. The summed E-state index contributed by atoms with van der Waals surface area (Å²) in [5.74, 6) is 0.737. The van der Waals surface area contributed by atoms with Crippen LogP contribution >= 0.6 is 23.1 Å². The van der Waals surface area contributed by atoms with E-state index >= 15 is 0 Å². The van der Waals surface area contributed by atoms with Crippen LogP contribution in [0, 0.1) is 5.92 Å². The second-order valence-electron chi connectivity index (χ2n) is 11.0. The highest BCUT2D eigenvalue weighted by Gasteiger charge is 2.38. The molecule has 2 amide bonds. The lowest BCUT2D eigenvalue weighted by Crippen LogP contribution is -2.38. The average Bonchev–Trinajstić information content (AvgIpc) is 3.46. The third-order valence-electron chi connectivity index (χ3n) is 7.69. The van der Waals surface area contributed by atoms with E-state index in [1.807, 2.05) is 66.7 Å². The lowest BCUT2D eigenvalue weighted by molar-refractivity contribution is -0.268. The van der Waals surface area contributed by atoms with E-state index in [2.05, 4.69) is 23.6 Å². The summed E-state index contributed by atoms with van der Waals surface area (Å²) in [5.41, 5.74) is 4.50. The van der Waals surface area contributed by atoms with Gasteiger partial charge in [0.1, 0.15) is 0 Å². The van der Waals surface area contributed by atoms with Crippen molar-refractivity contribution < 1.29 is 24.2 Å². The van der Waals surface area contributed by atoms with E-state index in [0.29, 0.717) is 13.0 Å². The standard InChI is InChI=1S/C34H39N3O5S2/c1-22-29(21-43-34-37-28-8-5-6-9-30(28)44-34)41-33(42-32(22)25-13-11-24(20-38)12-14-25)26-15-17-27(18-16-26)36-31(40)10-4-3-7-19-35-23(2)39/h5-6,8-9,11-18,22,29,32-33,38H,3-4,7,10,19-21H2,1-2H3,(H,35,39)(H,36,40). The Balaban J connectivity index is 1.23. The Morgan fingerprint density at radius 1 is 0.955 bits per heavy atom. The van der Waals surface area contributed by atoms with Crippen molar-refractivity contribution in [2.45, 2.75) is 69.0 Å². The number of benzene rings is 3. The van der Waals surface area contributed by atoms with E-state index in [1.54, 1.807) is 23.1 Å². The van der Waals surface area contributed by atoms with Gasteiger partial charge in [0, 0.05) is 42.8 Å². The van der Waals surface area contributed by atoms with Crippen LogP contribution < -0.4 is 10.6 Å². The van der Waals surface area contributed by atoms with Gasteiger partial charge < -0.3 is 25.2 Å². The summed E-state index contributed by atoms with van der Waals surface area (Å²) < 4.78 is 15.3. The molecule has 44 heavy (non-hydrogen) atoms. The molecule has 8 nitrogen and oxygen atoms in total. The molecule has 4 atom stereocenters. The molecule has 0 saturated carbocycles. The number of hydrogen-bond acceptors (Lipinski definition) is 8. The fraction of sp³-hybridized carbons (Fsp3) is 0.382. The lowest BCUT2D eigenvalue weighted by atomic mass is 9.91. The lowest BCUT2D eigenvalue weighted by Gasteiger charge is -2.41. The van der Waals surface area contributed by atoms with Gasteiger partial charge in [0.05, 0.1) is 29.0 Å². The average molecular weight is 634 g/mol. The number of aliphatic hydroxyl groups excluding tert-OH is 1. The van der Waals surface area contributed by atoms with Crippen molar-refractivity contribution in [1.29, 1.82) is 0 Å². The Morgan fingerprint density at radius 3 is 2.43 bits per heavy atom. The smallest absolute Gasteiger partial charge is 0.224 e. The van der Waals surface area contributed by atoms with E-state index in [9.17, 15) is 14.7 Å². The Bertz CT molecular complexity index is 1490. The van der Waals surface area contributed by atoms with Crippen LogP contribution in [0.15, 0.2) is 77.1 Å². The van der Waals surface area contributed by atoms with Crippen molar-refractivity contribution in [1.82, 2.24) is 10.3 Å². The summed E-state index contributed by atoms with van der Waals surface area (Å²) in [6, 6.07) is 23.7. The topological polar surface area (TPSA) is 110 Å². The van der Waals surface area contributed by atoms with Crippen LogP contribution in [0.5, 0.6) is 0 Å². The van der Waals surface area contributed by atoms with Crippen LogP contribution in [-0.4, -0.2) is 40.3 Å². The van der Waals surface area contributed by atoms with E-state index in [4.69, 9.17) is 14.5 Å². The van der Waals surface area contributed by atoms with Gasteiger partial charge in [0.2, 0.25) is 11.8 Å². The minimum atomic E-state index is -0.581. The first kappa shape index (κ1) is 32.1. The zero-order valence-corrected chi connectivity index (χ0v) is 26.7. The molecule has 0 aliphatic carbocycles. The molecule has 10 heteroatoms. The summed E-state index contributed by atoms with van der Waals surface area (Å²) in [7, 11) is 0. The number of thiazole rings is 1.